The summed E-state index contributed by atoms with van der Waals surface area (Å²) in [6, 6.07) is 6.30. The van der Waals surface area contributed by atoms with Gasteiger partial charge in [-0.15, -0.1) is 0 Å². The lowest BCUT2D eigenvalue weighted by atomic mass is 10.1. The maximum atomic E-state index is 12.9. The van der Waals surface area contributed by atoms with E-state index in [1.165, 1.54) is 19.2 Å². The lowest BCUT2D eigenvalue weighted by molar-refractivity contribution is -0.145. The molecule has 2 unspecified atom stereocenters. The second-order valence-corrected chi connectivity index (χ2v) is 5.68. The number of rotatable bonds is 7. The number of hydrogen-bond acceptors (Lipinski definition) is 4. The summed E-state index contributed by atoms with van der Waals surface area (Å²) in [7, 11) is 1.38. The molecule has 116 valence electrons. The van der Waals surface area contributed by atoms with E-state index in [4.69, 9.17) is 4.74 Å². The van der Waals surface area contributed by atoms with Gasteiger partial charge in [-0.2, -0.15) is 0 Å². The lowest BCUT2D eigenvalue weighted by Crippen LogP contribution is -2.37. The van der Waals surface area contributed by atoms with Crippen molar-refractivity contribution in [3.8, 4) is 0 Å². The SMILES string of the molecule is COC(=O)C(C)CN(CC(O)c1ccc(F)cc1)C1CC1. The third-order valence-corrected chi connectivity index (χ3v) is 3.84. The minimum Gasteiger partial charge on any atom is -0.469 e. The molecule has 1 saturated carbocycles. The number of methoxy groups -OCH3 is 1. The lowest BCUT2D eigenvalue weighted by Gasteiger charge is -2.27. The number of carbonyl (C=O) groups is 1. The fourth-order valence-electron chi connectivity index (χ4n) is 2.45. The second-order valence-electron chi connectivity index (χ2n) is 5.68. The molecule has 0 aromatic heterocycles. The van der Waals surface area contributed by atoms with Gasteiger partial charge in [-0.3, -0.25) is 9.69 Å². The van der Waals surface area contributed by atoms with Crippen LogP contribution < -0.4 is 0 Å². The van der Waals surface area contributed by atoms with Gasteiger partial charge >= 0.3 is 5.97 Å². The quantitative estimate of drug-likeness (QED) is 0.783. The van der Waals surface area contributed by atoms with Crippen LogP contribution in [-0.4, -0.2) is 42.2 Å². The summed E-state index contributed by atoms with van der Waals surface area (Å²) in [4.78, 5) is 13.7. The smallest absolute Gasteiger partial charge is 0.309 e. The zero-order valence-electron chi connectivity index (χ0n) is 12.5. The molecule has 0 bridgehead atoms. The molecule has 0 heterocycles. The van der Waals surface area contributed by atoms with Gasteiger partial charge in [0.15, 0.2) is 0 Å². The summed E-state index contributed by atoms with van der Waals surface area (Å²) in [5, 5.41) is 10.3. The average Bonchev–Trinajstić information content (AvgIpc) is 3.30. The van der Waals surface area contributed by atoms with Gasteiger partial charge in [-0.1, -0.05) is 19.1 Å². The van der Waals surface area contributed by atoms with E-state index in [-0.39, 0.29) is 17.7 Å². The number of carbonyl (C=O) groups excluding carboxylic acids is 1. The number of nitrogens with zero attached hydrogens (tertiary/aromatic N) is 1. The van der Waals surface area contributed by atoms with Gasteiger partial charge in [0, 0.05) is 19.1 Å². The van der Waals surface area contributed by atoms with E-state index < -0.39 is 6.10 Å². The van der Waals surface area contributed by atoms with Crippen molar-refractivity contribution in [3.05, 3.63) is 35.6 Å². The summed E-state index contributed by atoms with van der Waals surface area (Å²) < 4.78 is 17.7. The first-order valence-electron chi connectivity index (χ1n) is 7.26. The van der Waals surface area contributed by atoms with Crippen LogP contribution >= 0.6 is 0 Å². The van der Waals surface area contributed by atoms with Crippen LogP contribution in [0.2, 0.25) is 0 Å². The van der Waals surface area contributed by atoms with Crippen LogP contribution in [0.5, 0.6) is 0 Å². The van der Waals surface area contributed by atoms with Crippen LogP contribution in [0.15, 0.2) is 24.3 Å². The number of hydrogen-bond donors (Lipinski definition) is 1. The van der Waals surface area contributed by atoms with Crippen molar-refractivity contribution in [1.82, 2.24) is 4.90 Å². The van der Waals surface area contributed by atoms with Crippen molar-refractivity contribution in [2.45, 2.75) is 31.9 Å². The van der Waals surface area contributed by atoms with E-state index in [1.807, 2.05) is 6.92 Å². The number of aliphatic hydroxyl groups excluding tert-OH is 1. The van der Waals surface area contributed by atoms with Gasteiger partial charge in [0.2, 0.25) is 0 Å². The molecule has 1 aromatic carbocycles. The Morgan fingerprint density at radius 1 is 1.38 bits per heavy atom. The van der Waals surface area contributed by atoms with E-state index in [0.717, 1.165) is 12.8 Å². The molecule has 0 aliphatic heterocycles. The number of halogens is 1. The van der Waals surface area contributed by atoms with Crippen LogP contribution in [0.1, 0.15) is 31.4 Å². The van der Waals surface area contributed by atoms with Gasteiger partial charge in [-0.25, -0.2) is 4.39 Å². The number of aliphatic hydroxyl groups is 1. The van der Waals surface area contributed by atoms with E-state index in [0.29, 0.717) is 24.7 Å². The molecule has 1 aliphatic carbocycles. The summed E-state index contributed by atoms with van der Waals surface area (Å²) in [6.45, 7) is 2.83. The molecule has 1 N–H and O–H groups in total. The van der Waals surface area contributed by atoms with Crippen LogP contribution in [-0.2, 0) is 9.53 Å². The van der Waals surface area contributed by atoms with Gasteiger partial charge in [0.05, 0.1) is 19.1 Å². The molecular formula is C16H22FNO3. The summed E-state index contributed by atoms with van der Waals surface area (Å²) in [5.41, 5.74) is 0.688. The second kappa shape index (κ2) is 7.00. The van der Waals surface area contributed by atoms with Crippen LogP contribution in [0.25, 0.3) is 0 Å². The Bertz CT molecular complexity index is 473. The highest BCUT2D eigenvalue weighted by atomic mass is 19.1. The summed E-state index contributed by atoms with van der Waals surface area (Å²) in [5.74, 6) is -0.780. The van der Waals surface area contributed by atoms with E-state index in [1.54, 1.807) is 12.1 Å². The number of esters is 1. The standard InChI is InChI=1S/C16H22FNO3/c1-11(16(20)21-2)9-18(14-7-8-14)10-15(19)12-3-5-13(17)6-4-12/h3-6,11,14-15,19H,7-10H2,1-2H3. The van der Waals surface area contributed by atoms with E-state index >= 15 is 0 Å². The topological polar surface area (TPSA) is 49.8 Å². The zero-order chi connectivity index (χ0) is 15.4. The fourth-order valence-corrected chi connectivity index (χ4v) is 2.45. The minimum absolute atomic E-state index is 0.226. The van der Waals surface area contributed by atoms with Crippen LogP contribution in [0, 0.1) is 11.7 Å². The Labute approximate surface area is 124 Å². The Hall–Kier alpha value is -1.46. The molecule has 4 nitrogen and oxygen atoms in total. The predicted octanol–water partition coefficient (Wildman–Crippen LogP) is 2.13. The largest absolute Gasteiger partial charge is 0.469 e. The first-order chi connectivity index (χ1) is 10.0. The zero-order valence-corrected chi connectivity index (χ0v) is 12.5. The third-order valence-electron chi connectivity index (χ3n) is 3.84. The van der Waals surface area contributed by atoms with E-state index in [2.05, 4.69) is 4.90 Å². The van der Waals surface area contributed by atoms with E-state index in [9.17, 15) is 14.3 Å². The van der Waals surface area contributed by atoms with Crippen molar-refractivity contribution in [2.24, 2.45) is 5.92 Å². The van der Waals surface area contributed by atoms with Crippen molar-refractivity contribution < 1.29 is 19.0 Å². The van der Waals surface area contributed by atoms with Gasteiger partial charge in [0.25, 0.3) is 0 Å². The molecular weight excluding hydrogens is 273 g/mol. The normalized spacial score (nSPS) is 17.6. The highest BCUT2D eigenvalue weighted by molar-refractivity contribution is 5.72. The highest BCUT2D eigenvalue weighted by Gasteiger charge is 2.32. The number of ether oxygens (including phenoxy) is 1. The molecule has 1 fully saturated rings. The molecule has 5 heteroatoms. The molecule has 0 spiro atoms. The summed E-state index contributed by atoms with van der Waals surface area (Å²) >= 11 is 0. The first kappa shape index (κ1) is 15.9. The van der Waals surface area contributed by atoms with Crippen molar-refractivity contribution >= 4 is 5.97 Å². The average molecular weight is 295 g/mol. The van der Waals surface area contributed by atoms with Gasteiger partial charge < -0.3 is 9.84 Å². The molecule has 0 amide bonds. The van der Waals surface area contributed by atoms with Gasteiger partial charge in [0.1, 0.15) is 5.82 Å². The first-order valence-corrected chi connectivity index (χ1v) is 7.26. The monoisotopic (exact) mass is 295 g/mol. The highest BCUT2D eigenvalue weighted by Crippen LogP contribution is 2.29. The Kier molecular flexibility index (Phi) is 5.31. The minimum atomic E-state index is -0.684. The maximum Gasteiger partial charge on any atom is 0.309 e. The molecule has 1 aromatic rings. The van der Waals surface area contributed by atoms with Crippen LogP contribution in [0.4, 0.5) is 4.39 Å². The van der Waals surface area contributed by atoms with Crippen molar-refractivity contribution in [3.63, 3.8) is 0 Å². The van der Waals surface area contributed by atoms with Gasteiger partial charge in [-0.05, 0) is 30.5 Å². The molecule has 1 aliphatic rings. The van der Waals surface area contributed by atoms with Crippen molar-refractivity contribution in [2.75, 3.05) is 20.2 Å². The molecule has 21 heavy (non-hydrogen) atoms. The third kappa shape index (κ3) is 4.51. The Balaban J connectivity index is 1.96. The predicted molar refractivity (Wildman–Crippen MR) is 77.1 cm³/mol. The Morgan fingerprint density at radius 3 is 2.52 bits per heavy atom. The summed E-state index contributed by atoms with van der Waals surface area (Å²) in [6.07, 6.45) is 1.49. The molecule has 0 radical (unpaired) electrons. The Morgan fingerprint density at radius 2 is 2.00 bits per heavy atom. The van der Waals surface area contributed by atoms with Crippen molar-refractivity contribution in [1.29, 1.82) is 0 Å². The molecule has 0 saturated heterocycles. The molecule has 2 atom stereocenters. The van der Waals surface area contributed by atoms with Crippen LogP contribution in [0.3, 0.4) is 0 Å². The fraction of sp³-hybridized carbons (Fsp3) is 0.562. The maximum absolute atomic E-state index is 12.9. The number of benzene rings is 1. The molecule has 2 rings (SSSR count).